The summed E-state index contributed by atoms with van der Waals surface area (Å²) in [5.41, 5.74) is 0. The van der Waals surface area contributed by atoms with Crippen molar-refractivity contribution in [3.63, 3.8) is 0 Å². The lowest BCUT2D eigenvalue weighted by Gasteiger charge is -2.00. The van der Waals surface area contributed by atoms with Crippen LogP contribution in [0.3, 0.4) is 0 Å². The maximum Gasteiger partial charge on any atom is 0.185 e. The molecule has 3 nitrogen and oxygen atoms in total. The van der Waals surface area contributed by atoms with Gasteiger partial charge < -0.3 is 4.74 Å². The second kappa shape index (κ2) is 6.93. The van der Waals surface area contributed by atoms with Gasteiger partial charge in [-0.2, -0.15) is 0 Å². The molecule has 1 aromatic rings. The molecule has 0 radical (unpaired) electrons. The Balaban J connectivity index is 2.37. The molecule has 0 aromatic carbocycles. The highest BCUT2D eigenvalue weighted by molar-refractivity contribution is 7.85. The van der Waals surface area contributed by atoms with Crippen molar-refractivity contribution in [3.8, 4) is 0 Å². The van der Waals surface area contributed by atoms with Gasteiger partial charge in [0.15, 0.2) is 5.78 Å². The van der Waals surface area contributed by atoms with Gasteiger partial charge >= 0.3 is 0 Å². The van der Waals surface area contributed by atoms with E-state index >= 15 is 0 Å². The summed E-state index contributed by atoms with van der Waals surface area (Å²) in [5, 5.41) is 0. The van der Waals surface area contributed by atoms with Crippen molar-refractivity contribution < 1.29 is 13.7 Å². The van der Waals surface area contributed by atoms with Crippen LogP contribution in [-0.2, 0) is 15.5 Å². The van der Waals surface area contributed by atoms with Crippen molar-refractivity contribution in [2.45, 2.75) is 13.3 Å². The van der Waals surface area contributed by atoms with Crippen LogP contribution in [-0.4, -0.2) is 35.2 Å². The van der Waals surface area contributed by atoms with Crippen LogP contribution in [0.15, 0.2) is 12.1 Å². The second-order valence-corrected chi connectivity index (χ2v) is 6.33. The molecule has 0 fully saturated rings. The Morgan fingerprint density at radius 2 is 2.25 bits per heavy atom. The number of carbonyl (C=O) groups is 1. The summed E-state index contributed by atoms with van der Waals surface area (Å²) in [4.78, 5) is 13.5. The number of carbonyl (C=O) groups excluding carboxylic acids is 1. The fourth-order valence-corrected chi connectivity index (χ4v) is 3.17. The van der Waals surface area contributed by atoms with E-state index in [2.05, 4.69) is 0 Å². The number of methoxy groups -OCH3 is 1. The number of thiophene rings is 1. The smallest absolute Gasteiger partial charge is 0.185 e. The van der Waals surface area contributed by atoms with Crippen molar-refractivity contribution >= 4 is 27.9 Å². The first kappa shape index (κ1) is 13.5. The summed E-state index contributed by atoms with van der Waals surface area (Å²) in [6.45, 7) is 2.55. The van der Waals surface area contributed by atoms with Gasteiger partial charge in [-0.25, -0.2) is 0 Å². The molecule has 1 atom stereocenters. The van der Waals surface area contributed by atoms with Gasteiger partial charge in [-0.3, -0.25) is 9.00 Å². The molecule has 0 saturated heterocycles. The molecule has 1 rings (SSSR count). The molecule has 0 saturated carbocycles. The molecule has 1 heterocycles. The molecule has 1 unspecified atom stereocenters. The molecule has 16 heavy (non-hydrogen) atoms. The van der Waals surface area contributed by atoms with Gasteiger partial charge in [0, 0.05) is 35.1 Å². The Morgan fingerprint density at radius 3 is 2.81 bits per heavy atom. The zero-order chi connectivity index (χ0) is 12.0. The molecule has 0 amide bonds. The number of ether oxygens (including phenoxy) is 1. The number of ketones is 1. The van der Waals surface area contributed by atoms with Gasteiger partial charge in [-0.05, 0) is 25.5 Å². The normalized spacial score (nSPS) is 12.6. The molecule has 0 aliphatic rings. The Labute approximate surface area is 102 Å². The molecule has 90 valence electrons. The standard InChI is InChI=1S/C11H16O3S2/c1-9-4-5-11(15-9)10(12)8-16(13)7-3-6-14-2/h4-5H,3,6-8H2,1-2H3. The zero-order valence-corrected chi connectivity index (χ0v) is 11.2. The van der Waals surface area contributed by atoms with E-state index in [1.54, 1.807) is 13.2 Å². The second-order valence-electron chi connectivity index (χ2n) is 3.47. The Bertz CT molecular complexity index is 371. The number of aryl methyl sites for hydroxylation is 1. The highest BCUT2D eigenvalue weighted by Gasteiger charge is 2.11. The summed E-state index contributed by atoms with van der Waals surface area (Å²) in [5.74, 6) is 0.641. The maximum atomic E-state index is 11.7. The molecular weight excluding hydrogens is 244 g/mol. The van der Waals surface area contributed by atoms with E-state index in [4.69, 9.17) is 4.74 Å². The monoisotopic (exact) mass is 260 g/mol. The van der Waals surface area contributed by atoms with Crippen LogP contribution in [0.5, 0.6) is 0 Å². The third-order valence-corrected chi connectivity index (χ3v) is 4.40. The van der Waals surface area contributed by atoms with Crippen LogP contribution in [0.2, 0.25) is 0 Å². The average molecular weight is 260 g/mol. The van der Waals surface area contributed by atoms with Gasteiger partial charge in [0.1, 0.15) is 0 Å². The molecule has 0 N–H and O–H groups in total. The summed E-state index contributed by atoms with van der Waals surface area (Å²) in [7, 11) is 0.548. The lowest BCUT2D eigenvalue weighted by Crippen LogP contribution is -2.13. The topological polar surface area (TPSA) is 43.4 Å². The maximum absolute atomic E-state index is 11.7. The highest BCUT2D eigenvalue weighted by Crippen LogP contribution is 2.15. The fourth-order valence-electron chi connectivity index (χ4n) is 1.24. The quantitative estimate of drug-likeness (QED) is 0.556. The summed E-state index contributed by atoms with van der Waals surface area (Å²) in [6, 6.07) is 3.71. The average Bonchev–Trinajstić information content (AvgIpc) is 2.65. The molecule has 1 aromatic heterocycles. The lowest BCUT2D eigenvalue weighted by molar-refractivity contribution is 0.102. The molecule has 0 spiro atoms. The number of hydrogen-bond donors (Lipinski definition) is 0. The van der Waals surface area contributed by atoms with Crippen molar-refractivity contribution in [3.05, 3.63) is 21.9 Å². The fraction of sp³-hybridized carbons (Fsp3) is 0.545. The lowest BCUT2D eigenvalue weighted by atomic mass is 10.3. The van der Waals surface area contributed by atoms with E-state index in [1.807, 2.05) is 13.0 Å². The minimum Gasteiger partial charge on any atom is -0.385 e. The molecule has 0 aliphatic heterocycles. The zero-order valence-electron chi connectivity index (χ0n) is 9.52. The first-order chi connectivity index (χ1) is 7.63. The van der Waals surface area contributed by atoms with Gasteiger partial charge in [-0.1, -0.05) is 0 Å². The van der Waals surface area contributed by atoms with Crippen LogP contribution >= 0.6 is 11.3 Å². The van der Waals surface area contributed by atoms with E-state index in [0.29, 0.717) is 17.2 Å². The van der Waals surface area contributed by atoms with Crippen LogP contribution in [0.4, 0.5) is 0 Å². The number of rotatable bonds is 7. The largest absolute Gasteiger partial charge is 0.385 e. The van der Waals surface area contributed by atoms with Crippen molar-refractivity contribution in [1.82, 2.24) is 0 Å². The SMILES string of the molecule is COCCCS(=O)CC(=O)c1ccc(C)s1. The Morgan fingerprint density at radius 1 is 1.50 bits per heavy atom. The Hall–Kier alpha value is -0.520. The van der Waals surface area contributed by atoms with Gasteiger partial charge in [-0.15, -0.1) is 11.3 Å². The first-order valence-electron chi connectivity index (χ1n) is 5.07. The summed E-state index contributed by atoms with van der Waals surface area (Å²) in [6.07, 6.45) is 0.736. The van der Waals surface area contributed by atoms with E-state index < -0.39 is 10.8 Å². The van der Waals surface area contributed by atoms with Gasteiger partial charge in [0.05, 0.1) is 10.6 Å². The van der Waals surface area contributed by atoms with Crippen LogP contribution in [0.1, 0.15) is 21.0 Å². The number of hydrogen-bond acceptors (Lipinski definition) is 4. The third kappa shape index (κ3) is 4.55. The van der Waals surface area contributed by atoms with Crippen molar-refractivity contribution in [1.29, 1.82) is 0 Å². The summed E-state index contributed by atoms with van der Waals surface area (Å²) >= 11 is 1.46. The predicted molar refractivity (Wildman–Crippen MR) is 67.8 cm³/mol. The molecular formula is C11H16O3S2. The van der Waals surface area contributed by atoms with E-state index in [9.17, 15) is 9.00 Å². The minimum absolute atomic E-state index is 0.0196. The molecule has 5 heteroatoms. The van der Waals surface area contributed by atoms with E-state index in [0.717, 1.165) is 11.3 Å². The van der Waals surface area contributed by atoms with Crippen LogP contribution in [0.25, 0.3) is 0 Å². The van der Waals surface area contributed by atoms with Gasteiger partial charge in [0.25, 0.3) is 0 Å². The van der Waals surface area contributed by atoms with Gasteiger partial charge in [0.2, 0.25) is 0 Å². The third-order valence-electron chi connectivity index (χ3n) is 2.03. The van der Waals surface area contributed by atoms with Crippen LogP contribution in [0, 0.1) is 6.92 Å². The van der Waals surface area contributed by atoms with Crippen molar-refractivity contribution in [2.75, 3.05) is 25.2 Å². The van der Waals surface area contributed by atoms with E-state index in [-0.39, 0.29) is 11.5 Å². The first-order valence-corrected chi connectivity index (χ1v) is 7.37. The van der Waals surface area contributed by atoms with E-state index in [1.165, 1.54) is 11.3 Å². The minimum atomic E-state index is -1.07. The summed E-state index contributed by atoms with van der Waals surface area (Å²) < 4.78 is 16.4. The van der Waals surface area contributed by atoms with Crippen LogP contribution < -0.4 is 0 Å². The Kier molecular flexibility index (Phi) is 5.87. The highest BCUT2D eigenvalue weighted by atomic mass is 32.2. The predicted octanol–water partition coefficient (Wildman–Crippen LogP) is 2.02. The van der Waals surface area contributed by atoms with Crippen molar-refractivity contribution in [2.24, 2.45) is 0 Å². The number of Topliss-reactive ketones (excluding diaryl/α,β-unsaturated/α-hetero) is 1. The molecule has 0 aliphatic carbocycles. The molecule has 0 bridgehead atoms.